The zero-order valence-electron chi connectivity index (χ0n) is 15.4. The van der Waals surface area contributed by atoms with Crippen LogP contribution in [0.2, 0.25) is 0 Å². The SMILES string of the molecule is COCc1c(C(=O)N2CCC(c3nc(C)ncc3CO)CC2)noc1C. The third kappa shape index (κ3) is 3.61. The van der Waals surface area contributed by atoms with Gasteiger partial charge in [-0.25, -0.2) is 9.97 Å². The maximum absolute atomic E-state index is 12.8. The lowest BCUT2D eigenvalue weighted by Gasteiger charge is -2.32. The number of hydrogen-bond donors (Lipinski definition) is 1. The molecule has 1 saturated heterocycles. The van der Waals surface area contributed by atoms with Crippen molar-refractivity contribution in [2.45, 2.75) is 45.8 Å². The number of piperidine rings is 1. The van der Waals surface area contributed by atoms with Crippen LogP contribution in [-0.2, 0) is 18.0 Å². The van der Waals surface area contributed by atoms with Crippen molar-refractivity contribution in [2.24, 2.45) is 0 Å². The van der Waals surface area contributed by atoms with Crippen LogP contribution in [0.15, 0.2) is 10.7 Å². The first-order valence-electron chi connectivity index (χ1n) is 8.71. The van der Waals surface area contributed by atoms with Gasteiger partial charge in [0.1, 0.15) is 11.6 Å². The average molecular weight is 360 g/mol. The summed E-state index contributed by atoms with van der Waals surface area (Å²) in [5.41, 5.74) is 2.68. The van der Waals surface area contributed by atoms with E-state index >= 15 is 0 Å². The van der Waals surface area contributed by atoms with Crippen molar-refractivity contribution in [2.75, 3.05) is 20.2 Å². The lowest BCUT2D eigenvalue weighted by atomic mass is 9.90. The van der Waals surface area contributed by atoms with Gasteiger partial charge in [-0.3, -0.25) is 4.79 Å². The number of hydrogen-bond acceptors (Lipinski definition) is 7. The smallest absolute Gasteiger partial charge is 0.276 e. The third-order valence-electron chi connectivity index (χ3n) is 4.83. The van der Waals surface area contributed by atoms with Gasteiger partial charge < -0.3 is 19.3 Å². The highest BCUT2D eigenvalue weighted by Crippen LogP contribution is 2.30. The summed E-state index contributed by atoms with van der Waals surface area (Å²) in [6.45, 7) is 5.05. The van der Waals surface area contributed by atoms with E-state index in [9.17, 15) is 9.90 Å². The molecule has 2 aromatic rings. The number of aromatic nitrogens is 3. The molecule has 0 radical (unpaired) electrons. The van der Waals surface area contributed by atoms with Crippen LogP contribution in [0.1, 0.15) is 57.7 Å². The number of aliphatic hydroxyl groups excluding tert-OH is 1. The standard InChI is InChI=1S/C18H24N4O4/c1-11-15(10-25-3)17(21-26-11)18(24)22-6-4-13(5-7-22)16-14(9-23)8-19-12(2)20-16/h8,13,23H,4-7,9-10H2,1-3H3. The van der Waals surface area contributed by atoms with Crippen molar-refractivity contribution in [3.63, 3.8) is 0 Å². The number of carbonyl (C=O) groups excluding carboxylic acids is 1. The predicted octanol–water partition coefficient (Wildman–Crippen LogP) is 1.74. The maximum Gasteiger partial charge on any atom is 0.276 e. The summed E-state index contributed by atoms with van der Waals surface area (Å²) in [7, 11) is 1.58. The Hall–Kier alpha value is -2.32. The fourth-order valence-corrected chi connectivity index (χ4v) is 3.37. The zero-order chi connectivity index (χ0) is 18.7. The number of ether oxygens (including phenoxy) is 1. The second kappa shape index (κ2) is 7.92. The summed E-state index contributed by atoms with van der Waals surface area (Å²) >= 11 is 0. The molecular formula is C18H24N4O4. The van der Waals surface area contributed by atoms with Gasteiger partial charge in [-0.1, -0.05) is 5.16 Å². The maximum atomic E-state index is 12.8. The number of amides is 1. The molecule has 1 N–H and O–H groups in total. The average Bonchev–Trinajstić information content (AvgIpc) is 3.02. The van der Waals surface area contributed by atoms with Gasteiger partial charge in [0.15, 0.2) is 5.69 Å². The van der Waals surface area contributed by atoms with Crippen molar-refractivity contribution < 1.29 is 19.2 Å². The van der Waals surface area contributed by atoms with Crippen molar-refractivity contribution in [1.82, 2.24) is 20.0 Å². The van der Waals surface area contributed by atoms with Gasteiger partial charge in [-0.15, -0.1) is 0 Å². The van der Waals surface area contributed by atoms with Crippen molar-refractivity contribution >= 4 is 5.91 Å². The minimum atomic E-state index is -0.131. The molecule has 2 aromatic heterocycles. The van der Waals surface area contributed by atoms with E-state index in [0.717, 1.165) is 24.1 Å². The van der Waals surface area contributed by atoms with Crippen LogP contribution in [0.5, 0.6) is 0 Å². The normalized spacial score (nSPS) is 15.5. The Balaban J connectivity index is 1.71. The van der Waals surface area contributed by atoms with E-state index in [-0.39, 0.29) is 18.4 Å². The number of aliphatic hydroxyl groups is 1. The van der Waals surface area contributed by atoms with Crippen LogP contribution < -0.4 is 0 Å². The summed E-state index contributed by atoms with van der Waals surface area (Å²) in [5, 5.41) is 13.5. The van der Waals surface area contributed by atoms with Crippen LogP contribution in [0, 0.1) is 13.8 Å². The minimum absolute atomic E-state index is 0.0760. The Morgan fingerprint density at radius 3 is 2.77 bits per heavy atom. The van der Waals surface area contributed by atoms with E-state index in [4.69, 9.17) is 9.26 Å². The quantitative estimate of drug-likeness (QED) is 0.866. The van der Waals surface area contributed by atoms with Gasteiger partial charge in [0, 0.05) is 37.9 Å². The van der Waals surface area contributed by atoms with Gasteiger partial charge in [0.25, 0.3) is 5.91 Å². The molecule has 1 amide bonds. The third-order valence-corrected chi connectivity index (χ3v) is 4.83. The molecule has 0 atom stereocenters. The minimum Gasteiger partial charge on any atom is -0.392 e. The van der Waals surface area contributed by atoms with Gasteiger partial charge in [0.05, 0.1) is 24.5 Å². The fraction of sp³-hybridized carbons (Fsp3) is 0.556. The molecule has 1 fully saturated rings. The van der Waals surface area contributed by atoms with E-state index in [1.807, 2.05) is 6.92 Å². The second-order valence-corrected chi connectivity index (χ2v) is 6.55. The molecule has 0 saturated carbocycles. The highest BCUT2D eigenvalue weighted by atomic mass is 16.5. The van der Waals surface area contributed by atoms with Gasteiger partial charge in [-0.2, -0.15) is 0 Å². The van der Waals surface area contributed by atoms with Crippen LogP contribution in [0.25, 0.3) is 0 Å². The Morgan fingerprint density at radius 2 is 2.12 bits per heavy atom. The molecule has 140 valence electrons. The molecule has 1 aliphatic heterocycles. The summed E-state index contributed by atoms with van der Waals surface area (Å²) in [5.74, 6) is 1.38. The number of rotatable bonds is 5. The molecular weight excluding hydrogens is 336 g/mol. The van der Waals surface area contributed by atoms with E-state index < -0.39 is 0 Å². The van der Waals surface area contributed by atoms with Gasteiger partial charge in [-0.05, 0) is 26.7 Å². The van der Waals surface area contributed by atoms with Crippen LogP contribution in [0.3, 0.4) is 0 Å². The van der Waals surface area contributed by atoms with Gasteiger partial charge in [0.2, 0.25) is 0 Å². The lowest BCUT2D eigenvalue weighted by molar-refractivity contribution is 0.0696. The Labute approximate surface area is 152 Å². The molecule has 1 aliphatic rings. The Bertz CT molecular complexity index is 781. The number of likely N-dealkylation sites (tertiary alicyclic amines) is 1. The number of aryl methyl sites for hydroxylation is 2. The first kappa shape index (κ1) is 18.5. The largest absolute Gasteiger partial charge is 0.392 e. The predicted molar refractivity (Wildman–Crippen MR) is 92.5 cm³/mol. The molecule has 0 bridgehead atoms. The van der Waals surface area contributed by atoms with Crippen molar-refractivity contribution in [1.29, 1.82) is 0 Å². The van der Waals surface area contributed by atoms with Gasteiger partial charge >= 0.3 is 0 Å². The summed E-state index contributed by atoms with van der Waals surface area (Å²) in [6, 6.07) is 0. The highest BCUT2D eigenvalue weighted by molar-refractivity contribution is 5.93. The van der Waals surface area contributed by atoms with Crippen LogP contribution in [0.4, 0.5) is 0 Å². The molecule has 3 heterocycles. The monoisotopic (exact) mass is 360 g/mol. The first-order valence-corrected chi connectivity index (χ1v) is 8.71. The summed E-state index contributed by atoms with van der Waals surface area (Å²) in [6.07, 6.45) is 3.25. The van der Waals surface area contributed by atoms with E-state index in [0.29, 0.717) is 42.5 Å². The van der Waals surface area contributed by atoms with Crippen molar-refractivity contribution in [3.05, 3.63) is 40.3 Å². The van der Waals surface area contributed by atoms with Crippen LogP contribution >= 0.6 is 0 Å². The Morgan fingerprint density at radius 1 is 1.38 bits per heavy atom. The molecule has 0 spiro atoms. The van der Waals surface area contributed by atoms with E-state index in [1.165, 1.54) is 0 Å². The molecule has 3 rings (SSSR count). The summed E-state index contributed by atoms with van der Waals surface area (Å²) < 4.78 is 10.3. The summed E-state index contributed by atoms with van der Waals surface area (Å²) in [4.78, 5) is 23.3. The molecule has 8 heteroatoms. The topological polar surface area (TPSA) is 102 Å². The fourth-order valence-electron chi connectivity index (χ4n) is 3.37. The Kier molecular flexibility index (Phi) is 5.63. The van der Waals surface area contributed by atoms with Crippen LogP contribution in [-0.4, -0.2) is 51.2 Å². The lowest BCUT2D eigenvalue weighted by Crippen LogP contribution is -2.38. The van der Waals surface area contributed by atoms with E-state index in [1.54, 1.807) is 25.1 Å². The number of methoxy groups -OCH3 is 1. The zero-order valence-corrected chi connectivity index (χ0v) is 15.4. The number of carbonyl (C=O) groups is 1. The first-order chi connectivity index (χ1) is 12.5. The van der Waals surface area contributed by atoms with Crippen molar-refractivity contribution in [3.8, 4) is 0 Å². The van der Waals surface area contributed by atoms with E-state index in [2.05, 4.69) is 15.1 Å². The molecule has 8 nitrogen and oxygen atoms in total. The molecule has 26 heavy (non-hydrogen) atoms. The highest BCUT2D eigenvalue weighted by Gasteiger charge is 2.30. The second-order valence-electron chi connectivity index (χ2n) is 6.55. The molecule has 0 aliphatic carbocycles. The molecule has 0 aromatic carbocycles. The number of nitrogens with zero attached hydrogens (tertiary/aromatic N) is 4. The molecule has 0 unspecified atom stereocenters.